The topological polar surface area (TPSA) is 110 Å². The van der Waals surface area contributed by atoms with E-state index in [0.29, 0.717) is 31.4 Å². The van der Waals surface area contributed by atoms with Crippen LogP contribution in [0.5, 0.6) is 5.75 Å². The Morgan fingerprint density at radius 3 is 2.74 bits per heavy atom. The number of benzene rings is 1. The van der Waals surface area contributed by atoms with Crippen LogP contribution in [0.3, 0.4) is 0 Å². The summed E-state index contributed by atoms with van der Waals surface area (Å²) in [5, 5.41) is 13.7. The van der Waals surface area contributed by atoms with Gasteiger partial charge in [-0.15, -0.1) is 24.0 Å². The summed E-state index contributed by atoms with van der Waals surface area (Å²) in [4.78, 5) is 9.08. The lowest BCUT2D eigenvalue weighted by Gasteiger charge is -2.10. The maximum absolute atomic E-state index is 5.58. The molecule has 2 aromatic heterocycles. The van der Waals surface area contributed by atoms with Crippen LogP contribution in [0.4, 0.5) is 0 Å². The molecule has 0 saturated carbocycles. The predicted molar refractivity (Wildman–Crippen MR) is 130 cm³/mol. The molecule has 3 rings (SSSR count). The smallest absolute Gasteiger partial charge is 0.191 e. The molecule has 3 aromatic rings. The Morgan fingerprint density at radius 1 is 1.19 bits per heavy atom. The fourth-order valence-electron chi connectivity index (χ4n) is 2.68. The third-order valence-electron chi connectivity index (χ3n) is 4.19. The van der Waals surface area contributed by atoms with Gasteiger partial charge in [-0.2, -0.15) is 5.10 Å². The van der Waals surface area contributed by atoms with E-state index >= 15 is 0 Å². The van der Waals surface area contributed by atoms with Crippen LogP contribution in [0.1, 0.15) is 24.9 Å². The van der Waals surface area contributed by atoms with Crippen molar-refractivity contribution in [2.75, 3.05) is 26.8 Å². The van der Waals surface area contributed by atoms with Gasteiger partial charge >= 0.3 is 0 Å². The molecule has 1 aromatic carbocycles. The average molecular weight is 540 g/mol. The highest BCUT2D eigenvalue weighted by Gasteiger charge is 2.06. The van der Waals surface area contributed by atoms with Crippen molar-refractivity contribution >= 4 is 29.9 Å². The standard InChI is InChI=1S/C21H28N6O3.HI/c1-3-22-21(23-11-5-12-29-15-18-6-4-13-30-18)24-14-19-25-20(27-26-19)16-7-9-17(28-2)10-8-16;/h4,6-10,13H,3,5,11-12,14-15H2,1-2H3,(H2,22,23,24)(H,25,26,27);1H. The summed E-state index contributed by atoms with van der Waals surface area (Å²) >= 11 is 0. The first-order valence-electron chi connectivity index (χ1n) is 9.96. The molecule has 0 aliphatic rings. The number of rotatable bonds is 11. The average Bonchev–Trinajstić information content (AvgIpc) is 3.46. The van der Waals surface area contributed by atoms with Gasteiger partial charge in [-0.05, 0) is 49.7 Å². The van der Waals surface area contributed by atoms with Gasteiger partial charge in [-0.3, -0.25) is 5.10 Å². The van der Waals surface area contributed by atoms with Gasteiger partial charge in [0.05, 0.1) is 13.4 Å². The molecule has 0 spiro atoms. The number of nitrogens with zero attached hydrogens (tertiary/aromatic N) is 3. The Bertz CT molecular complexity index is 896. The molecular formula is C21H29IN6O3. The van der Waals surface area contributed by atoms with Gasteiger partial charge in [0.2, 0.25) is 0 Å². The molecule has 31 heavy (non-hydrogen) atoms. The van der Waals surface area contributed by atoms with Crippen LogP contribution in [0, 0.1) is 0 Å². The number of furan rings is 1. The molecule has 0 radical (unpaired) electrons. The van der Waals surface area contributed by atoms with Gasteiger partial charge in [-0.25, -0.2) is 9.98 Å². The molecule has 9 nitrogen and oxygen atoms in total. The van der Waals surface area contributed by atoms with Crippen LogP contribution in [-0.4, -0.2) is 47.9 Å². The first-order chi connectivity index (χ1) is 14.8. The van der Waals surface area contributed by atoms with Crippen molar-refractivity contribution in [1.82, 2.24) is 25.8 Å². The number of guanidine groups is 1. The zero-order chi connectivity index (χ0) is 21.0. The number of halogens is 1. The van der Waals surface area contributed by atoms with Crippen molar-refractivity contribution in [1.29, 1.82) is 0 Å². The lowest BCUT2D eigenvalue weighted by molar-refractivity contribution is 0.105. The maximum atomic E-state index is 5.58. The SMILES string of the molecule is CCNC(=NCc1nc(-c2ccc(OC)cc2)n[nH]1)NCCCOCc1ccco1.I. The monoisotopic (exact) mass is 540 g/mol. The van der Waals surface area contributed by atoms with Crippen LogP contribution in [0.25, 0.3) is 11.4 Å². The molecule has 0 atom stereocenters. The Labute approximate surface area is 199 Å². The molecule has 0 bridgehead atoms. The molecular weight excluding hydrogens is 511 g/mol. The summed E-state index contributed by atoms with van der Waals surface area (Å²) in [5.41, 5.74) is 0.918. The van der Waals surface area contributed by atoms with Crippen LogP contribution in [0.15, 0.2) is 52.1 Å². The lowest BCUT2D eigenvalue weighted by atomic mass is 10.2. The van der Waals surface area contributed by atoms with Crippen molar-refractivity contribution in [3.8, 4) is 17.1 Å². The zero-order valence-corrected chi connectivity index (χ0v) is 20.1. The normalized spacial score (nSPS) is 11.1. The van der Waals surface area contributed by atoms with Crippen LogP contribution in [0.2, 0.25) is 0 Å². The number of nitrogens with one attached hydrogen (secondary N) is 3. The fourth-order valence-corrected chi connectivity index (χ4v) is 2.68. The fraction of sp³-hybridized carbons (Fsp3) is 0.381. The molecule has 10 heteroatoms. The summed E-state index contributed by atoms with van der Waals surface area (Å²) in [6.45, 7) is 5.07. The molecule has 0 unspecified atom stereocenters. The molecule has 0 aliphatic carbocycles. The van der Waals surface area contributed by atoms with E-state index in [1.165, 1.54) is 0 Å². The van der Waals surface area contributed by atoms with Gasteiger partial charge in [0.15, 0.2) is 11.8 Å². The Balaban J connectivity index is 0.00000341. The minimum absolute atomic E-state index is 0. The summed E-state index contributed by atoms with van der Waals surface area (Å²) in [6.07, 6.45) is 2.50. The number of aromatic amines is 1. The minimum atomic E-state index is 0. The summed E-state index contributed by atoms with van der Waals surface area (Å²) in [7, 11) is 1.64. The van der Waals surface area contributed by atoms with Gasteiger partial charge in [0.25, 0.3) is 0 Å². The van der Waals surface area contributed by atoms with E-state index < -0.39 is 0 Å². The van der Waals surface area contributed by atoms with Crippen molar-refractivity contribution < 1.29 is 13.9 Å². The second-order valence-corrected chi connectivity index (χ2v) is 6.44. The maximum Gasteiger partial charge on any atom is 0.191 e. The van der Waals surface area contributed by atoms with E-state index in [1.54, 1.807) is 13.4 Å². The van der Waals surface area contributed by atoms with E-state index in [2.05, 4.69) is 30.8 Å². The summed E-state index contributed by atoms with van der Waals surface area (Å²) < 4.78 is 16.0. The van der Waals surface area contributed by atoms with Gasteiger partial charge in [0.1, 0.15) is 30.5 Å². The zero-order valence-electron chi connectivity index (χ0n) is 17.8. The third-order valence-corrected chi connectivity index (χ3v) is 4.19. The third kappa shape index (κ3) is 8.21. The van der Waals surface area contributed by atoms with E-state index in [0.717, 1.165) is 42.5 Å². The van der Waals surface area contributed by atoms with E-state index in [9.17, 15) is 0 Å². The first kappa shape index (κ1) is 24.7. The second-order valence-electron chi connectivity index (χ2n) is 6.44. The van der Waals surface area contributed by atoms with Gasteiger partial charge < -0.3 is 24.5 Å². The second kappa shape index (κ2) is 13.7. The molecule has 0 amide bonds. The highest BCUT2D eigenvalue weighted by atomic mass is 127. The van der Waals surface area contributed by atoms with Gasteiger partial charge in [0, 0.05) is 25.3 Å². The lowest BCUT2D eigenvalue weighted by Crippen LogP contribution is -2.38. The Morgan fingerprint density at radius 2 is 2.03 bits per heavy atom. The van der Waals surface area contributed by atoms with Crippen molar-refractivity contribution in [3.63, 3.8) is 0 Å². The number of methoxy groups -OCH3 is 1. The van der Waals surface area contributed by atoms with Crippen molar-refractivity contribution in [2.45, 2.75) is 26.5 Å². The Kier molecular flexibility index (Phi) is 10.9. The quantitative estimate of drug-likeness (QED) is 0.148. The molecule has 0 saturated heterocycles. The molecule has 3 N–H and O–H groups in total. The highest BCUT2D eigenvalue weighted by Crippen LogP contribution is 2.19. The van der Waals surface area contributed by atoms with E-state index in [4.69, 9.17) is 13.9 Å². The molecule has 2 heterocycles. The summed E-state index contributed by atoms with van der Waals surface area (Å²) in [5.74, 6) is 3.69. The number of hydrogen-bond acceptors (Lipinski definition) is 6. The number of ether oxygens (including phenoxy) is 2. The summed E-state index contributed by atoms with van der Waals surface area (Å²) in [6, 6.07) is 11.4. The largest absolute Gasteiger partial charge is 0.497 e. The molecule has 168 valence electrons. The van der Waals surface area contributed by atoms with Crippen LogP contribution < -0.4 is 15.4 Å². The minimum Gasteiger partial charge on any atom is -0.497 e. The number of hydrogen-bond donors (Lipinski definition) is 3. The van der Waals surface area contributed by atoms with Crippen molar-refractivity contribution in [3.05, 3.63) is 54.2 Å². The van der Waals surface area contributed by atoms with Crippen LogP contribution in [-0.2, 0) is 17.9 Å². The molecule has 0 aliphatic heterocycles. The van der Waals surface area contributed by atoms with Gasteiger partial charge in [-0.1, -0.05) is 0 Å². The first-order valence-corrected chi connectivity index (χ1v) is 9.96. The van der Waals surface area contributed by atoms with Crippen LogP contribution >= 0.6 is 24.0 Å². The van der Waals surface area contributed by atoms with E-state index in [-0.39, 0.29) is 24.0 Å². The highest BCUT2D eigenvalue weighted by molar-refractivity contribution is 14.0. The molecule has 0 fully saturated rings. The predicted octanol–water partition coefficient (Wildman–Crippen LogP) is 3.35. The Hall–Kier alpha value is -2.60. The van der Waals surface area contributed by atoms with E-state index in [1.807, 2.05) is 43.3 Å². The van der Waals surface area contributed by atoms with Crippen molar-refractivity contribution in [2.24, 2.45) is 4.99 Å². The number of aliphatic imine (C=N–C) groups is 1. The number of aromatic nitrogens is 3. The number of H-pyrrole nitrogens is 1.